The molecule has 4 aromatic rings. The van der Waals surface area contributed by atoms with Crippen molar-refractivity contribution in [1.29, 1.82) is 0 Å². The number of halogens is 1. The van der Waals surface area contributed by atoms with Crippen LogP contribution in [0.5, 0.6) is 5.75 Å². The van der Waals surface area contributed by atoms with E-state index in [9.17, 15) is 19.1 Å². The second-order valence-electron chi connectivity index (χ2n) is 8.41. The van der Waals surface area contributed by atoms with E-state index in [2.05, 4.69) is 18.8 Å². The van der Waals surface area contributed by atoms with Gasteiger partial charge in [0, 0.05) is 4.88 Å². The Balaban J connectivity index is 1.71. The molecule has 1 saturated heterocycles. The first-order valence-corrected chi connectivity index (χ1v) is 12.6. The number of carbonyl (C=O) groups excluding carboxylic acids is 2. The molecule has 0 saturated carbocycles. The summed E-state index contributed by atoms with van der Waals surface area (Å²) in [5.74, 6) is -2.27. The summed E-state index contributed by atoms with van der Waals surface area (Å²) in [6, 6.07) is 12.3. The van der Waals surface area contributed by atoms with E-state index in [0.29, 0.717) is 21.4 Å². The largest absolute Gasteiger partial charge is 0.507 e. The van der Waals surface area contributed by atoms with Crippen LogP contribution in [0, 0.1) is 5.82 Å². The molecule has 35 heavy (non-hydrogen) atoms. The number of thiophene rings is 1. The van der Waals surface area contributed by atoms with Gasteiger partial charge in [0.2, 0.25) is 0 Å². The van der Waals surface area contributed by atoms with Crippen LogP contribution in [0.1, 0.15) is 41.8 Å². The van der Waals surface area contributed by atoms with Crippen molar-refractivity contribution in [3.8, 4) is 5.75 Å². The molecule has 178 valence electrons. The van der Waals surface area contributed by atoms with Crippen LogP contribution in [-0.2, 0) is 9.59 Å². The number of rotatable bonds is 5. The first-order chi connectivity index (χ1) is 16.8. The molecule has 2 aromatic carbocycles. The topological polar surface area (TPSA) is 79.7 Å². The van der Waals surface area contributed by atoms with Gasteiger partial charge in [-0.25, -0.2) is 9.37 Å². The molecule has 1 fully saturated rings. The first kappa shape index (κ1) is 23.2. The lowest BCUT2D eigenvalue weighted by Crippen LogP contribution is -2.28. The average molecular weight is 509 g/mol. The quantitative estimate of drug-likeness (QED) is 0.196. The number of aromatic nitrogens is 1. The van der Waals surface area contributed by atoms with E-state index >= 15 is 0 Å². The van der Waals surface area contributed by atoms with Crippen LogP contribution in [0.2, 0.25) is 0 Å². The van der Waals surface area contributed by atoms with Gasteiger partial charge in [0.05, 0.1) is 28.5 Å². The third kappa shape index (κ3) is 3.90. The van der Waals surface area contributed by atoms with Crippen LogP contribution in [0.3, 0.4) is 0 Å². The van der Waals surface area contributed by atoms with Crippen molar-refractivity contribution in [2.45, 2.75) is 25.8 Å². The lowest BCUT2D eigenvalue weighted by Gasteiger charge is -2.21. The standard InChI is InChI=1S/C26H21FN2O4S2/c1-13(2)14-6-8-17-20(11-14)35-26(28-17)29-22(19-5-4-10-34-19)21(24(31)25(29)32)23(30)16-12-15(27)7-9-18(16)33-3/h4-13,22,30H,1-3H3/b23-21+. The molecule has 1 N–H and O–H groups in total. The van der Waals surface area contributed by atoms with Crippen molar-refractivity contribution in [1.82, 2.24) is 4.98 Å². The molecule has 5 rings (SSSR count). The number of anilines is 1. The first-order valence-electron chi connectivity index (χ1n) is 10.9. The smallest absolute Gasteiger partial charge is 0.301 e. The van der Waals surface area contributed by atoms with Gasteiger partial charge in [-0.2, -0.15) is 0 Å². The number of benzene rings is 2. The summed E-state index contributed by atoms with van der Waals surface area (Å²) in [6.45, 7) is 4.19. The molecule has 1 amide bonds. The molecule has 1 aliphatic rings. The molecule has 0 spiro atoms. The minimum Gasteiger partial charge on any atom is -0.507 e. The molecular formula is C26H21FN2O4S2. The highest BCUT2D eigenvalue weighted by atomic mass is 32.1. The number of ether oxygens (including phenoxy) is 1. The van der Waals surface area contributed by atoms with E-state index in [1.807, 2.05) is 23.6 Å². The fraction of sp³-hybridized carbons (Fsp3) is 0.192. The number of thiazole rings is 1. The van der Waals surface area contributed by atoms with Gasteiger partial charge in [-0.15, -0.1) is 11.3 Å². The third-order valence-electron chi connectivity index (χ3n) is 5.95. The number of ketones is 1. The number of Topliss-reactive ketones (excluding diaryl/α,β-unsaturated/α-hetero) is 1. The summed E-state index contributed by atoms with van der Waals surface area (Å²) in [4.78, 5) is 33.3. The monoisotopic (exact) mass is 508 g/mol. The van der Waals surface area contributed by atoms with Crippen molar-refractivity contribution in [2.24, 2.45) is 0 Å². The maximum atomic E-state index is 14.1. The van der Waals surface area contributed by atoms with E-state index in [1.54, 1.807) is 12.1 Å². The number of methoxy groups -OCH3 is 1. The average Bonchev–Trinajstić information content (AvgIpc) is 3.56. The molecule has 6 nitrogen and oxygen atoms in total. The lowest BCUT2D eigenvalue weighted by molar-refractivity contribution is -0.132. The summed E-state index contributed by atoms with van der Waals surface area (Å²) in [6.07, 6.45) is 0. The van der Waals surface area contributed by atoms with Crippen LogP contribution >= 0.6 is 22.7 Å². The van der Waals surface area contributed by atoms with Crippen LogP contribution in [0.15, 0.2) is 59.5 Å². The summed E-state index contributed by atoms with van der Waals surface area (Å²) in [5.41, 5.74) is 1.72. The zero-order chi connectivity index (χ0) is 24.9. The number of fused-ring (bicyclic) bond motifs is 1. The molecule has 0 radical (unpaired) electrons. The molecule has 1 atom stereocenters. The van der Waals surface area contributed by atoms with Crippen molar-refractivity contribution in [3.63, 3.8) is 0 Å². The summed E-state index contributed by atoms with van der Waals surface area (Å²) in [5, 5.41) is 13.4. The van der Waals surface area contributed by atoms with E-state index in [-0.39, 0.29) is 16.9 Å². The number of nitrogens with zero attached hydrogens (tertiary/aromatic N) is 2. The minimum atomic E-state index is -0.909. The van der Waals surface area contributed by atoms with Gasteiger partial charge in [-0.3, -0.25) is 14.5 Å². The van der Waals surface area contributed by atoms with Crippen LogP contribution in [-0.4, -0.2) is 28.9 Å². The lowest BCUT2D eigenvalue weighted by atomic mass is 9.99. The van der Waals surface area contributed by atoms with Crippen molar-refractivity contribution >= 4 is 55.5 Å². The maximum absolute atomic E-state index is 14.1. The Labute approximate surface area is 208 Å². The summed E-state index contributed by atoms with van der Waals surface area (Å²) >= 11 is 2.66. The Hall–Kier alpha value is -3.56. The highest BCUT2D eigenvalue weighted by molar-refractivity contribution is 7.22. The molecule has 0 bridgehead atoms. The highest BCUT2D eigenvalue weighted by Gasteiger charge is 2.48. The highest BCUT2D eigenvalue weighted by Crippen LogP contribution is 2.46. The van der Waals surface area contributed by atoms with Gasteiger partial charge in [0.15, 0.2) is 5.13 Å². The maximum Gasteiger partial charge on any atom is 0.301 e. The van der Waals surface area contributed by atoms with E-state index in [4.69, 9.17) is 4.74 Å². The van der Waals surface area contributed by atoms with Crippen molar-refractivity contribution in [2.75, 3.05) is 12.0 Å². The number of aliphatic hydroxyl groups is 1. The number of aliphatic hydroxyl groups excluding tert-OH is 1. The third-order valence-corrected chi connectivity index (χ3v) is 7.89. The van der Waals surface area contributed by atoms with E-state index in [1.165, 1.54) is 46.8 Å². The molecule has 1 aliphatic heterocycles. The van der Waals surface area contributed by atoms with Crippen LogP contribution < -0.4 is 9.64 Å². The number of hydrogen-bond donors (Lipinski definition) is 1. The molecule has 3 heterocycles. The molecule has 1 unspecified atom stereocenters. The zero-order valence-electron chi connectivity index (χ0n) is 19.1. The van der Waals surface area contributed by atoms with Gasteiger partial charge in [0.25, 0.3) is 5.78 Å². The number of carbonyl (C=O) groups is 2. The fourth-order valence-corrected chi connectivity index (χ4v) is 6.01. The van der Waals surface area contributed by atoms with Gasteiger partial charge in [-0.1, -0.05) is 37.3 Å². The van der Waals surface area contributed by atoms with E-state index < -0.39 is 29.3 Å². The second kappa shape index (κ2) is 8.90. The van der Waals surface area contributed by atoms with E-state index in [0.717, 1.165) is 16.3 Å². The summed E-state index contributed by atoms with van der Waals surface area (Å²) < 4.78 is 20.2. The predicted octanol–water partition coefficient (Wildman–Crippen LogP) is 6.26. The summed E-state index contributed by atoms with van der Waals surface area (Å²) in [7, 11) is 1.38. The van der Waals surface area contributed by atoms with Gasteiger partial charge in [0.1, 0.15) is 23.4 Å². The van der Waals surface area contributed by atoms with Gasteiger partial charge >= 0.3 is 5.91 Å². The Kier molecular flexibility index (Phi) is 5.90. The molecule has 9 heteroatoms. The predicted molar refractivity (Wildman–Crippen MR) is 136 cm³/mol. The Morgan fingerprint density at radius 1 is 1.17 bits per heavy atom. The van der Waals surface area contributed by atoms with Crippen molar-refractivity contribution < 1.29 is 23.8 Å². The fourth-order valence-electron chi connectivity index (χ4n) is 4.15. The minimum absolute atomic E-state index is 0.00192. The SMILES string of the molecule is COc1ccc(F)cc1/C(O)=C1\C(=O)C(=O)N(c2nc3ccc(C(C)C)cc3s2)C1c1cccs1. The number of amides is 1. The zero-order valence-corrected chi connectivity index (χ0v) is 20.7. The van der Waals surface area contributed by atoms with Crippen molar-refractivity contribution in [3.05, 3.63) is 81.3 Å². The Morgan fingerprint density at radius 2 is 1.97 bits per heavy atom. The number of hydrogen-bond acceptors (Lipinski definition) is 7. The Morgan fingerprint density at radius 3 is 2.66 bits per heavy atom. The molecule has 2 aromatic heterocycles. The van der Waals surface area contributed by atoms with Gasteiger partial charge < -0.3 is 9.84 Å². The van der Waals surface area contributed by atoms with Gasteiger partial charge in [-0.05, 0) is 53.3 Å². The molecule has 0 aliphatic carbocycles. The molecular weight excluding hydrogens is 487 g/mol. The van der Waals surface area contributed by atoms with Crippen LogP contribution in [0.25, 0.3) is 16.0 Å². The second-order valence-corrected chi connectivity index (χ2v) is 10.4. The normalized spacial score (nSPS) is 17.6. The Bertz CT molecular complexity index is 1490. The van der Waals surface area contributed by atoms with Crippen LogP contribution in [0.4, 0.5) is 9.52 Å².